The maximum absolute atomic E-state index is 11.4. The highest BCUT2D eigenvalue weighted by molar-refractivity contribution is 5.83. The summed E-state index contributed by atoms with van der Waals surface area (Å²) in [6.07, 6.45) is 0.322. The molecule has 5 nitrogen and oxygen atoms in total. The van der Waals surface area contributed by atoms with Crippen molar-refractivity contribution in [2.75, 3.05) is 26.4 Å². The Labute approximate surface area is 88.7 Å². The van der Waals surface area contributed by atoms with Gasteiger partial charge in [0.05, 0.1) is 19.8 Å². The van der Waals surface area contributed by atoms with Crippen LogP contribution in [0.15, 0.2) is 0 Å². The highest BCUT2D eigenvalue weighted by atomic mass is 16.5. The number of aliphatic hydroxyl groups excluding tert-OH is 3. The molecule has 0 aromatic heterocycles. The Hall–Kier alpha value is -0.490. The molecule has 88 valence electrons. The predicted octanol–water partition coefficient (Wildman–Crippen LogP) is -1.06. The summed E-state index contributed by atoms with van der Waals surface area (Å²) < 4.78 is 5.13. The quantitative estimate of drug-likeness (QED) is 0.529. The third-order valence-corrected chi connectivity index (χ3v) is 2.80. The molecule has 0 saturated heterocycles. The highest BCUT2D eigenvalue weighted by Crippen LogP contribution is 2.28. The van der Waals surface area contributed by atoms with Gasteiger partial charge >= 0.3 is 0 Å². The zero-order chi connectivity index (χ0) is 11.3. The number of ether oxygens (including phenoxy) is 1. The van der Waals surface area contributed by atoms with Crippen molar-refractivity contribution in [1.82, 2.24) is 0 Å². The summed E-state index contributed by atoms with van der Waals surface area (Å²) in [5.41, 5.74) is 0. The van der Waals surface area contributed by atoms with Crippen molar-refractivity contribution < 1.29 is 24.9 Å². The van der Waals surface area contributed by atoms with Crippen molar-refractivity contribution in [2.24, 2.45) is 11.8 Å². The zero-order valence-electron chi connectivity index (χ0n) is 8.63. The molecule has 0 heterocycles. The minimum atomic E-state index is -0.894. The van der Waals surface area contributed by atoms with Crippen molar-refractivity contribution >= 4 is 5.78 Å². The van der Waals surface area contributed by atoms with E-state index in [9.17, 15) is 4.79 Å². The molecule has 0 radical (unpaired) electrons. The van der Waals surface area contributed by atoms with Gasteiger partial charge in [-0.3, -0.25) is 4.79 Å². The summed E-state index contributed by atoms with van der Waals surface area (Å²) in [7, 11) is 0. The fourth-order valence-corrected chi connectivity index (χ4v) is 1.81. The van der Waals surface area contributed by atoms with Crippen molar-refractivity contribution in [1.29, 1.82) is 0 Å². The minimum absolute atomic E-state index is 0.00230. The van der Waals surface area contributed by atoms with Gasteiger partial charge in [-0.2, -0.15) is 0 Å². The van der Waals surface area contributed by atoms with E-state index in [0.717, 1.165) is 0 Å². The molecule has 0 bridgehead atoms. The lowest BCUT2D eigenvalue weighted by Crippen LogP contribution is -2.27. The van der Waals surface area contributed by atoms with Gasteiger partial charge in [0.15, 0.2) is 0 Å². The fraction of sp³-hybridized carbons (Fsp3) is 0.900. The minimum Gasteiger partial charge on any atom is -0.396 e. The van der Waals surface area contributed by atoms with Gasteiger partial charge in [-0.1, -0.05) is 0 Å². The molecule has 1 aliphatic rings. The average molecular weight is 218 g/mol. The van der Waals surface area contributed by atoms with Gasteiger partial charge in [-0.15, -0.1) is 0 Å². The summed E-state index contributed by atoms with van der Waals surface area (Å²) in [4.78, 5) is 11.4. The first-order valence-corrected chi connectivity index (χ1v) is 5.19. The molecule has 1 fully saturated rings. The van der Waals surface area contributed by atoms with Crippen LogP contribution in [0.1, 0.15) is 12.8 Å². The molecular formula is C10H18O5. The highest BCUT2D eigenvalue weighted by Gasteiger charge is 2.34. The van der Waals surface area contributed by atoms with Crippen LogP contribution >= 0.6 is 0 Å². The Morgan fingerprint density at radius 1 is 1.47 bits per heavy atom. The zero-order valence-corrected chi connectivity index (χ0v) is 8.63. The molecular weight excluding hydrogens is 200 g/mol. The normalized spacial score (nSPS) is 28.3. The second-order valence-electron chi connectivity index (χ2n) is 3.93. The fourth-order valence-electron chi connectivity index (χ4n) is 1.81. The number of rotatable bonds is 6. The average Bonchev–Trinajstić information content (AvgIpc) is 2.60. The molecule has 0 aromatic carbocycles. The van der Waals surface area contributed by atoms with Crippen LogP contribution in [-0.4, -0.2) is 53.6 Å². The van der Waals surface area contributed by atoms with Gasteiger partial charge in [0.1, 0.15) is 11.9 Å². The van der Waals surface area contributed by atoms with Crippen LogP contribution in [0.3, 0.4) is 0 Å². The van der Waals surface area contributed by atoms with Gasteiger partial charge in [0, 0.05) is 18.9 Å². The Bertz CT molecular complexity index is 206. The van der Waals surface area contributed by atoms with E-state index in [1.807, 2.05) is 0 Å². The monoisotopic (exact) mass is 218 g/mol. The summed E-state index contributed by atoms with van der Waals surface area (Å²) in [5, 5.41) is 26.6. The number of carbonyl (C=O) groups is 1. The molecule has 3 N–H and O–H groups in total. The number of Topliss-reactive ketones (excluding diaryl/α,β-unsaturated/α-hetero) is 1. The van der Waals surface area contributed by atoms with E-state index < -0.39 is 6.10 Å². The number of carbonyl (C=O) groups excluding carboxylic acids is 1. The first kappa shape index (κ1) is 12.6. The molecule has 15 heavy (non-hydrogen) atoms. The molecule has 0 aliphatic heterocycles. The Kier molecular flexibility index (Phi) is 5.17. The maximum Gasteiger partial charge on any atom is 0.138 e. The summed E-state index contributed by atoms with van der Waals surface area (Å²) >= 11 is 0. The second kappa shape index (κ2) is 6.17. The maximum atomic E-state index is 11.4. The number of ketones is 1. The predicted molar refractivity (Wildman–Crippen MR) is 52.2 cm³/mol. The molecule has 1 saturated carbocycles. The van der Waals surface area contributed by atoms with Crippen LogP contribution in [0, 0.1) is 11.8 Å². The van der Waals surface area contributed by atoms with Gasteiger partial charge in [-0.05, 0) is 12.3 Å². The first-order chi connectivity index (χ1) is 7.19. The lowest BCUT2D eigenvalue weighted by Gasteiger charge is -2.16. The van der Waals surface area contributed by atoms with Gasteiger partial charge in [0.2, 0.25) is 0 Å². The smallest absolute Gasteiger partial charge is 0.138 e. The molecule has 0 amide bonds. The lowest BCUT2D eigenvalue weighted by atomic mass is 9.97. The van der Waals surface area contributed by atoms with Gasteiger partial charge in [0.25, 0.3) is 0 Å². The van der Waals surface area contributed by atoms with Crippen molar-refractivity contribution in [3.8, 4) is 0 Å². The molecule has 3 unspecified atom stereocenters. The van der Waals surface area contributed by atoms with Gasteiger partial charge < -0.3 is 20.1 Å². The number of hydrogen-bond donors (Lipinski definition) is 3. The third kappa shape index (κ3) is 3.53. The molecule has 1 aliphatic carbocycles. The third-order valence-electron chi connectivity index (χ3n) is 2.80. The lowest BCUT2D eigenvalue weighted by molar-refractivity contribution is -0.124. The van der Waals surface area contributed by atoms with E-state index in [0.29, 0.717) is 12.8 Å². The van der Waals surface area contributed by atoms with Crippen LogP contribution in [0.2, 0.25) is 0 Å². The number of hydrogen-bond acceptors (Lipinski definition) is 5. The van der Waals surface area contributed by atoms with E-state index in [1.165, 1.54) is 0 Å². The summed E-state index contributed by atoms with van der Waals surface area (Å²) in [6.45, 7) is -0.0933. The first-order valence-electron chi connectivity index (χ1n) is 5.19. The summed E-state index contributed by atoms with van der Waals surface area (Å²) in [5.74, 6) is -0.141. The van der Waals surface area contributed by atoms with Crippen LogP contribution in [0.4, 0.5) is 0 Å². The van der Waals surface area contributed by atoms with E-state index in [-0.39, 0.29) is 44.0 Å². The second-order valence-corrected chi connectivity index (χ2v) is 3.93. The van der Waals surface area contributed by atoms with Crippen molar-refractivity contribution in [2.45, 2.75) is 18.9 Å². The SMILES string of the molecule is O=C1CCC(CO)C1COCC(O)CO. The molecule has 0 aromatic rings. The molecule has 5 heteroatoms. The van der Waals surface area contributed by atoms with Gasteiger partial charge in [-0.25, -0.2) is 0 Å². The number of aliphatic hydroxyl groups is 3. The van der Waals surface area contributed by atoms with Crippen molar-refractivity contribution in [3.63, 3.8) is 0 Å². The molecule has 0 spiro atoms. The van der Waals surface area contributed by atoms with E-state index in [4.69, 9.17) is 20.1 Å². The van der Waals surface area contributed by atoms with E-state index in [1.54, 1.807) is 0 Å². The Morgan fingerprint density at radius 2 is 2.20 bits per heavy atom. The molecule has 3 atom stereocenters. The summed E-state index contributed by atoms with van der Waals surface area (Å²) in [6, 6.07) is 0. The Balaban J connectivity index is 2.27. The largest absolute Gasteiger partial charge is 0.396 e. The van der Waals surface area contributed by atoms with E-state index in [2.05, 4.69) is 0 Å². The molecule has 1 rings (SSSR count). The topological polar surface area (TPSA) is 87.0 Å². The van der Waals surface area contributed by atoms with Crippen LogP contribution in [-0.2, 0) is 9.53 Å². The van der Waals surface area contributed by atoms with Crippen LogP contribution in [0.5, 0.6) is 0 Å². The van der Waals surface area contributed by atoms with Crippen LogP contribution < -0.4 is 0 Å². The Morgan fingerprint density at radius 3 is 2.80 bits per heavy atom. The van der Waals surface area contributed by atoms with Crippen molar-refractivity contribution in [3.05, 3.63) is 0 Å². The van der Waals surface area contributed by atoms with E-state index >= 15 is 0 Å². The standard InChI is InChI=1S/C10H18O5/c11-3-7-1-2-10(14)9(7)6-15-5-8(13)4-12/h7-9,11-13H,1-6H2. The van der Waals surface area contributed by atoms with Crippen LogP contribution in [0.25, 0.3) is 0 Å².